The molecule has 3 atom stereocenters. The van der Waals surface area contributed by atoms with Crippen LogP contribution in [-0.4, -0.2) is 82.0 Å². The van der Waals surface area contributed by atoms with Crippen molar-refractivity contribution >= 4 is 40.8 Å². The van der Waals surface area contributed by atoms with Crippen LogP contribution in [0, 0.1) is 6.92 Å². The number of aliphatic imine (C=N–C) groups is 1. The third kappa shape index (κ3) is 7.20. The second kappa shape index (κ2) is 12.8. The molecule has 208 valence electrons. The number of nitrogens with one attached hydrogen (secondary N) is 1. The number of carbonyl (C=O) groups excluding carboxylic acids is 4. The van der Waals surface area contributed by atoms with Crippen LogP contribution >= 0.6 is 11.3 Å². The van der Waals surface area contributed by atoms with Crippen molar-refractivity contribution in [2.45, 2.75) is 63.6 Å². The van der Waals surface area contributed by atoms with E-state index in [0.29, 0.717) is 56.6 Å². The number of benzene rings is 1. The fourth-order valence-electron chi connectivity index (χ4n) is 5.16. The van der Waals surface area contributed by atoms with Gasteiger partial charge in [0, 0.05) is 30.6 Å². The summed E-state index contributed by atoms with van der Waals surface area (Å²) in [6.45, 7) is 2.48. The Kier molecular flexibility index (Phi) is 9.28. The quantitative estimate of drug-likeness (QED) is 0.162. The maximum absolute atomic E-state index is 13.4. The number of rotatable bonds is 11. The second-order valence-corrected chi connectivity index (χ2v) is 10.8. The molecule has 0 bridgehead atoms. The van der Waals surface area contributed by atoms with Gasteiger partial charge < -0.3 is 26.6 Å². The molecular formula is C27H35N7O4S. The van der Waals surface area contributed by atoms with Gasteiger partial charge in [0.25, 0.3) is 0 Å². The molecule has 1 aromatic heterocycles. The van der Waals surface area contributed by atoms with Crippen LogP contribution in [0.1, 0.15) is 53.2 Å². The average Bonchev–Trinajstić information content (AvgIpc) is 3.55. The van der Waals surface area contributed by atoms with Crippen LogP contribution in [0.15, 0.2) is 40.7 Å². The summed E-state index contributed by atoms with van der Waals surface area (Å²) in [4.78, 5) is 64.0. The lowest BCUT2D eigenvalue weighted by Gasteiger charge is -2.39. The molecule has 0 aliphatic carbocycles. The van der Waals surface area contributed by atoms with Gasteiger partial charge in [0.1, 0.15) is 6.04 Å². The highest BCUT2D eigenvalue weighted by Crippen LogP contribution is 2.29. The zero-order valence-corrected chi connectivity index (χ0v) is 22.9. The highest BCUT2D eigenvalue weighted by atomic mass is 32.1. The van der Waals surface area contributed by atoms with Crippen LogP contribution in [0.25, 0.3) is 0 Å². The van der Waals surface area contributed by atoms with Gasteiger partial charge in [-0.15, -0.1) is 11.3 Å². The van der Waals surface area contributed by atoms with E-state index in [1.54, 1.807) is 22.1 Å². The number of thiazole rings is 1. The number of piperazine rings is 1. The number of guanidine groups is 1. The Morgan fingerprint density at radius 2 is 1.97 bits per heavy atom. The second-order valence-electron chi connectivity index (χ2n) is 9.98. The van der Waals surface area contributed by atoms with Gasteiger partial charge in [-0.25, -0.2) is 4.98 Å². The maximum atomic E-state index is 13.4. The minimum Gasteiger partial charge on any atom is -0.370 e. The summed E-state index contributed by atoms with van der Waals surface area (Å²) in [5.74, 6) is -0.997. The van der Waals surface area contributed by atoms with E-state index in [9.17, 15) is 19.2 Å². The molecule has 2 unspecified atom stereocenters. The number of Topliss-reactive ketones (excluding diaryl/α,β-unsaturated/α-hetero) is 1. The molecule has 2 aliphatic heterocycles. The van der Waals surface area contributed by atoms with Crippen LogP contribution in [0.3, 0.4) is 0 Å². The zero-order valence-electron chi connectivity index (χ0n) is 22.0. The standard InChI is InChI=1S/C27H35N7O4S/c1-17-16-39-26(31-17)24(37)20(8-5-13-30-27(28)29)32-25(38)21-11-10-19-14-33(15-23(36)34(19)21)22(35)12-9-18-6-3-2-4-7-18/h2-4,6-7,16,19-21H,5,8-15H2,1H3,(H,32,38)(H4,28,29,30)/t19-,20?,21?/m0/s1. The van der Waals surface area contributed by atoms with E-state index in [4.69, 9.17) is 11.5 Å². The van der Waals surface area contributed by atoms with Gasteiger partial charge >= 0.3 is 0 Å². The van der Waals surface area contributed by atoms with Crippen molar-refractivity contribution in [2.75, 3.05) is 19.6 Å². The summed E-state index contributed by atoms with van der Waals surface area (Å²) >= 11 is 1.23. The van der Waals surface area contributed by atoms with Crippen molar-refractivity contribution in [2.24, 2.45) is 16.5 Å². The molecule has 11 nitrogen and oxygen atoms in total. The van der Waals surface area contributed by atoms with E-state index in [-0.39, 0.29) is 42.1 Å². The first-order valence-corrected chi connectivity index (χ1v) is 14.1. The number of hydrogen-bond donors (Lipinski definition) is 3. The SMILES string of the molecule is Cc1csc(C(=O)C(CCCN=C(N)N)NC(=O)C2CC[C@H]3CN(C(=O)CCc4ccccc4)CC(=O)N23)n1. The topological polar surface area (TPSA) is 164 Å². The first-order chi connectivity index (χ1) is 18.7. The van der Waals surface area contributed by atoms with Gasteiger partial charge in [-0.2, -0.15) is 0 Å². The minimum atomic E-state index is -0.813. The van der Waals surface area contributed by atoms with E-state index in [1.165, 1.54) is 11.3 Å². The van der Waals surface area contributed by atoms with Gasteiger partial charge in [-0.05, 0) is 44.6 Å². The molecule has 12 heteroatoms. The Hall–Kier alpha value is -3.80. The van der Waals surface area contributed by atoms with Crippen molar-refractivity contribution in [1.82, 2.24) is 20.1 Å². The normalized spacial score (nSPS) is 19.4. The lowest BCUT2D eigenvalue weighted by atomic mass is 10.1. The molecule has 39 heavy (non-hydrogen) atoms. The highest BCUT2D eigenvalue weighted by molar-refractivity contribution is 7.11. The lowest BCUT2D eigenvalue weighted by Crippen LogP contribution is -2.60. The number of ketones is 1. The number of nitrogens with two attached hydrogens (primary N) is 2. The van der Waals surface area contributed by atoms with Crippen molar-refractivity contribution in [3.8, 4) is 0 Å². The van der Waals surface area contributed by atoms with E-state index >= 15 is 0 Å². The van der Waals surface area contributed by atoms with Gasteiger partial charge in [0.15, 0.2) is 11.0 Å². The van der Waals surface area contributed by atoms with Crippen LogP contribution in [-0.2, 0) is 20.8 Å². The number of aromatic nitrogens is 1. The van der Waals surface area contributed by atoms with Crippen molar-refractivity contribution in [3.63, 3.8) is 0 Å². The third-order valence-electron chi connectivity index (χ3n) is 7.08. The van der Waals surface area contributed by atoms with E-state index in [2.05, 4.69) is 15.3 Å². The van der Waals surface area contributed by atoms with E-state index < -0.39 is 12.1 Å². The summed E-state index contributed by atoms with van der Waals surface area (Å²) < 4.78 is 0. The first-order valence-electron chi connectivity index (χ1n) is 13.2. The predicted molar refractivity (Wildman–Crippen MR) is 148 cm³/mol. The van der Waals surface area contributed by atoms with Gasteiger partial charge in [-0.3, -0.25) is 24.2 Å². The van der Waals surface area contributed by atoms with E-state index in [1.807, 2.05) is 30.3 Å². The van der Waals surface area contributed by atoms with Crippen LogP contribution in [0.2, 0.25) is 0 Å². The lowest BCUT2D eigenvalue weighted by molar-refractivity contribution is -0.151. The fraction of sp³-hybridized carbons (Fsp3) is 0.481. The number of carbonyl (C=O) groups is 4. The predicted octanol–water partition coefficient (Wildman–Crippen LogP) is 1.01. The summed E-state index contributed by atoms with van der Waals surface area (Å²) in [7, 11) is 0. The molecule has 0 saturated carbocycles. The van der Waals surface area contributed by atoms with Gasteiger partial charge in [0.05, 0.1) is 18.6 Å². The first kappa shape index (κ1) is 28.2. The number of fused-ring (bicyclic) bond motifs is 1. The number of aryl methyl sites for hydroxylation is 2. The minimum absolute atomic E-state index is 0.0364. The van der Waals surface area contributed by atoms with Crippen LogP contribution in [0.4, 0.5) is 0 Å². The van der Waals surface area contributed by atoms with Crippen LogP contribution < -0.4 is 16.8 Å². The Morgan fingerprint density at radius 3 is 2.67 bits per heavy atom. The number of nitrogens with zero attached hydrogens (tertiary/aromatic N) is 4. The monoisotopic (exact) mass is 553 g/mol. The third-order valence-corrected chi connectivity index (χ3v) is 8.06. The maximum Gasteiger partial charge on any atom is 0.243 e. The Labute approximate surface area is 231 Å². The smallest absolute Gasteiger partial charge is 0.243 e. The van der Waals surface area contributed by atoms with Crippen molar-refractivity contribution < 1.29 is 19.2 Å². The molecule has 5 N–H and O–H groups in total. The van der Waals surface area contributed by atoms with Gasteiger partial charge in [0.2, 0.25) is 23.5 Å². The molecule has 2 fully saturated rings. The molecule has 2 aromatic rings. The molecule has 3 heterocycles. The molecular weight excluding hydrogens is 518 g/mol. The number of hydrogen-bond acceptors (Lipinski definition) is 7. The average molecular weight is 554 g/mol. The summed E-state index contributed by atoms with van der Waals surface area (Å²) in [5.41, 5.74) is 12.6. The number of amides is 3. The fourth-order valence-corrected chi connectivity index (χ4v) is 5.95. The molecule has 3 amide bonds. The Balaban J connectivity index is 1.37. The Bertz CT molecular complexity index is 1230. The largest absolute Gasteiger partial charge is 0.370 e. The zero-order chi connectivity index (χ0) is 27.9. The van der Waals surface area contributed by atoms with Crippen molar-refractivity contribution in [3.05, 3.63) is 52.0 Å². The van der Waals surface area contributed by atoms with Gasteiger partial charge in [-0.1, -0.05) is 30.3 Å². The molecule has 2 saturated heterocycles. The summed E-state index contributed by atoms with van der Waals surface area (Å²) in [6, 6.07) is 8.04. The van der Waals surface area contributed by atoms with Crippen LogP contribution in [0.5, 0.6) is 0 Å². The molecule has 0 radical (unpaired) electrons. The summed E-state index contributed by atoms with van der Waals surface area (Å²) in [5, 5.41) is 4.98. The molecule has 2 aliphatic rings. The molecule has 0 spiro atoms. The molecule has 1 aromatic carbocycles. The Morgan fingerprint density at radius 1 is 1.21 bits per heavy atom. The highest BCUT2D eigenvalue weighted by Gasteiger charge is 2.46. The van der Waals surface area contributed by atoms with E-state index in [0.717, 1.165) is 11.3 Å². The molecule has 4 rings (SSSR count). The van der Waals surface area contributed by atoms with Crippen molar-refractivity contribution in [1.29, 1.82) is 0 Å². The summed E-state index contributed by atoms with van der Waals surface area (Å²) in [6.07, 6.45) is 2.83.